The van der Waals surface area contributed by atoms with Gasteiger partial charge in [0.1, 0.15) is 0 Å². The van der Waals surface area contributed by atoms with Crippen molar-refractivity contribution in [3.05, 3.63) is 15.5 Å². The fraction of sp³-hybridized carbons (Fsp3) is 0.636. The normalized spacial score (nSPS) is 21.2. The van der Waals surface area contributed by atoms with E-state index in [1.54, 1.807) is 4.68 Å². The number of piperidine rings is 1. The molecule has 0 saturated carbocycles. The lowest BCUT2D eigenvalue weighted by Gasteiger charge is -2.30. The van der Waals surface area contributed by atoms with Crippen molar-refractivity contribution in [1.82, 2.24) is 14.7 Å². The molecule has 1 atom stereocenters. The fourth-order valence-electron chi connectivity index (χ4n) is 2.13. The van der Waals surface area contributed by atoms with Gasteiger partial charge >= 0.3 is 0 Å². The predicted octanol–water partition coefficient (Wildman–Crippen LogP) is 1.90. The van der Waals surface area contributed by atoms with Gasteiger partial charge in [0.05, 0.1) is 3.57 Å². The maximum absolute atomic E-state index is 12.2. The van der Waals surface area contributed by atoms with E-state index in [4.69, 9.17) is 0 Å². The summed E-state index contributed by atoms with van der Waals surface area (Å²) >= 11 is 2.17. The molecule has 1 saturated heterocycles. The molecule has 1 aliphatic rings. The Morgan fingerprint density at radius 3 is 2.94 bits per heavy atom. The van der Waals surface area contributed by atoms with E-state index < -0.39 is 0 Å². The Hall–Kier alpha value is -0.590. The Kier molecular flexibility index (Phi) is 3.51. The fourth-order valence-corrected chi connectivity index (χ4v) is 2.87. The smallest absolute Gasteiger partial charge is 0.275 e. The van der Waals surface area contributed by atoms with E-state index in [2.05, 4.69) is 34.6 Å². The van der Waals surface area contributed by atoms with Crippen molar-refractivity contribution in [2.45, 2.75) is 19.8 Å². The van der Waals surface area contributed by atoms with Crippen molar-refractivity contribution >= 4 is 28.5 Å². The highest BCUT2D eigenvalue weighted by molar-refractivity contribution is 14.1. The zero-order valence-electron chi connectivity index (χ0n) is 9.61. The molecular formula is C11H16IN3O. The van der Waals surface area contributed by atoms with Crippen LogP contribution in [0.25, 0.3) is 0 Å². The Morgan fingerprint density at radius 1 is 1.62 bits per heavy atom. The number of likely N-dealkylation sites (tertiary alicyclic amines) is 1. The third kappa shape index (κ3) is 2.39. The number of hydrogen-bond acceptors (Lipinski definition) is 2. The van der Waals surface area contributed by atoms with Gasteiger partial charge in [-0.05, 0) is 41.4 Å². The molecule has 88 valence electrons. The van der Waals surface area contributed by atoms with Crippen molar-refractivity contribution in [2.24, 2.45) is 13.0 Å². The molecule has 0 bridgehead atoms. The van der Waals surface area contributed by atoms with E-state index in [1.807, 2.05) is 18.1 Å². The van der Waals surface area contributed by atoms with Crippen LogP contribution in [0.3, 0.4) is 0 Å². The van der Waals surface area contributed by atoms with E-state index >= 15 is 0 Å². The molecule has 1 aromatic rings. The minimum absolute atomic E-state index is 0.0801. The molecule has 0 N–H and O–H groups in total. The summed E-state index contributed by atoms with van der Waals surface area (Å²) in [6.45, 7) is 3.93. The third-order valence-corrected chi connectivity index (χ3v) is 3.72. The van der Waals surface area contributed by atoms with Gasteiger partial charge in [0.15, 0.2) is 5.69 Å². The summed E-state index contributed by atoms with van der Waals surface area (Å²) in [6, 6.07) is 0. The van der Waals surface area contributed by atoms with Gasteiger partial charge in [0.25, 0.3) is 5.91 Å². The number of carbonyl (C=O) groups is 1. The number of amides is 1. The topological polar surface area (TPSA) is 38.1 Å². The van der Waals surface area contributed by atoms with Gasteiger partial charge in [-0.2, -0.15) is 5.10 Å². The van der Waals surface area contributed by atoms with E-state index in [-0.39, 0.29) is 5.91 Å². The van der Waals surface area contributed by atoms with Crippen LogP contribution in [0, 0.1) is 9.49 Å². The van der Waals surface area contributed by atoms with Crippen molar-refractivity contribution in [2.75, 3.05) is 13.1 Å². The number of rotatable bonds is 1. The largest absolute Gasteiger partial charge is 0.337 e. The Bertz CT molecular complexity index is 402. The highest BCUT2D eigenvalue weighted by atomic mass is 127. The summed E-state index contributed by atoms with van der Waals surface area (Å²) in [6.07, 6.45) is 4.21. The number of nitrogens with zero attached hydrogens (tertiary/aromatic N) is 3. The molecule has 4 nitrogen and oxygen atoms in total. The molecule has 2 heterocycles. The van der Waals surface area contributed by atoms with Crippen molar-refractivity contribution in [1.29, 1.82) is 0 Å². The second kappa shape index (κ2) is 4.73. The monoisotopic (exact) mass is 333 g/mol. The SMILES string of the molecule is C[C@@H]1CCCN(C(=O)c2nn(C)cc2I)C1. The van der Waals surface area contributed by atoms with Gasteiger partial charge in [-0.3, -0.25) is 9.48 Å². The molecule has 5 heteroatoms. The first-order valence-electron chi connectivity index (χ1n) is 5.56. The van der Waals surface area contributed by atoms with Crippen LogP contribution in [-0.4, -0.2) is 33.7 Å². The van der Waals surface area contributed by atoms with Crippen molar-refractivity contribution < 1.29 is 4.79 Å². The Balaban J connectivity index is 2.15. The van der Waals surface area contributed by atoms with Crippen LogP contribution in [0.1, 0.15) is 30.3 Å². The highest BCUT2D eigenvalue weighted by Gasteiger charge is 2.25. The maximum Gasteiger partial charge on any atom is 0.275 e. The summed E-state index contributed by atoms with van der Waals surface area (Å²) < 4.78 is 2.63. The molecule has 0 unspecified atom stereocenters. The first-order valence-corrected chi connectivity index (χ1v) is 6.64. The zero-order chi connectivity index (χ0) is 11.7. The van der Waals surface area contributed by atoms with E-state index in [9.17, 15) is 4.79 Å². The molecule has 1 fully saturated rings. The Morgan fingerprint density at radius 2 is 2.38 bits per heavy atom. The summed E-state index contributed by atoms with van der Waals surface area (Å²) in [4.78, 5) is 14.2. The zero-order valence-corrected chi connectivity index (χ0v) is 11.8. The number of halogens is 1. The van der Waals surface area contributed by atoms with Crippen LogP contribution in [0.2, 0.25) is 0 Å². The van der Waals surface area contributed by atoms with Crippen LogP contribution in [-0.2, 0) is 7.05 Å². The molecule has 1 aromatic heterocycles. The lowest BCUT2D eigenvalue weighted by molar-refractivity contribution is 0.0675. The van der Waals surface area contributed by atoms with Gasteiger partial charge in [-0.25, -0.2) is 0 Å². The summed E-state index contributed by atoms with van der Waals surface area (Å²) in [5.41, 5.74) is 0.595. The maximum atomic E-state index is 12.2. The third-order valence-electron chi connectivity index (χ3n) is 2.93. The molecule has 1 amide bonds. The minimum Gasteiger partial charge on any atom is -0.337 e. The molecule has 0 radical (unpaired) electrons. The van der Waals surface area contributed by atoms with Crippen molar-refractivity contribution in [3.63, 3.8) is 0 Å². The number of hydrogen-bond donors (Lipinski definition) is 0. The Labute approximate surface area is 109 Å². The molecule has 0 aromatic carbocycles. The van der Waals surface area contributed by atoms with Crippen LogP contribution in [0.15, 0.2) is 6.20 Å². The molecule has 2 rings (SSSR count). The molecule has 0 aliphatic carbocycles. The second-order valence-electron chi connectivity index (χ2n) is 4.50. The van der Waals surface area contributed by atoms with E-state index in [1.165, 1.54) is 6.42 Å². The van der Waals surface area contributed by atoms with E-state index in [0.717, 1.165) is 23.1 Å². The highest BCUT2D eigenvalue weighted by Crippen LogP contribution is 2.19. The van der Waals surface area contributed by atoms with Gasteiger partial charge in [0, 0.05) is 26.3 Å². The average molecular weight is 333 g/mol. The van der Waals surface area contributed by atoms with Crippen LogP contribution >= 0.6 is 22.6 Å². The first kappa shape index (κ1) is 11.9. The van der Waals surface area contributed by atoms with Crippen molar-refractivity contribution in [3.8, 4) is 0 Å². The van der Waals surface area contributed by atoms with Crippen LogP contribution in [0.5, 0.6) is 0 Å². The van der Waals surface area contributed by atoms with E-state index in [0.29, 0.717) is 11.6 Å². The minimum atomic E-state index is 0.0801. The average Bonchev–Trinajstić information content (AvgIpc) is 2.57. The van der Waals surface area contributed by atoms with Crippen LogP contribution < -0.4 is 0 Å². The lowest BCUT2D eigenvalue weighted by Crippen LogP contribution is -2.39. The van der Waals surface area contributed by atoms with Gasteiger partial charge < -0.3 is 4.90 Å². The standard InChI is InChI=1S/C11H16IN3O/c1-8-4-3-5-15(6-8)11(16)10-9(12)7-14(2)13-10/h7-8H,3-6H2,1-2H3/t8-/m1/s1. The second-order valence-corrected chi connectivity index (χ2v) is 5.66. The molecule has 1 aliphatic heterocycles. The number of aryl methyl sites for hydroxylation is 1. The van der Waals surface area contributed by atoms with Gasteiger partial charge in [0.2, 0.25) is 0 Å². The molecular weight excluding hydrogens is 317 g/mol. The predicted molar refractivity (Wildman–Crippen MR) is 70.2 cm³/mol. The quantitative estimate of drug-likeness (QED) is 0.737. The first-order chi connectivity index (χ1) is 7.58. The number of carbonyl (C=O) groups excluding carboxylic acids is 1. The lowest BCUT2D eigenvalue weighted by atomic mass is 10.0. The molecule has 16 heavy (non-hydrogen) atoms. The summed E-state index contributed by atoms with van der Waals surface area (Å²) in [7, 11) is 1.85. The van der Waals surface area contributed by atoms with Gasteiger partial charge in [-0.15, -0.1) is 0 Å². The number of aromatic nitrogens is 2. The van der Waals surface area contributed by atoms with Crippen LogP contribution in [0.4, 0.5) is 0 Å². The summed E-state index contributed by atoms with van der Waals surface area (Å²) in [5, 5.41) is 4.23. The summed E-state index contributed by atoms with van der Waals surface area (Å²) in [5.74, 6) is 0.690. The van der Waals surface area contributed by atoms with Gasteiger partial charge in [-0.1, -0.05) is 6.92 Å². The molecule has 0 spiro atoms.